The van der Waals surface area contributed by atoms with Crippen LogP contribution in [0.1, 0.15) is 25.3 Å². The third kappa shape index (κ3) is 6.52. The molecule has 1 N–H and O–H groups in total. The van der Waals surface area contributed by atoms with Crippen LogP contribution in [0.5, 0.6) is 17.2 Å². The molecule has 0 aliphatic carbocycles. The summed E-state index contributed by atoms with van der Waals surface area (Å²) < 4.78 is 47.1. The van der Waals surface area contributed by atoms with E-state index in [0.29, 0.717) is 31.0 Å². The Morgan fingerprint density at radius 1 is 1.12 bits per heavy atom. The highest BCUT2D eigenvalue weighted by molar-refractivity contribution is 7.87. The molecule has 1 fully saturated rings. The fourth-order valence-corrected chi connectivity index (χ4v) is 4.46. The van der Waals surface area contributed by atoms with E-state index in [1.165, 1.54) is 26.4 Å². The molecule has 10 heteroatoms. The SMILES string of the molecule is CCNC(=O)N(Cc1ccc(OC)c(OS(=O)(=O)c2ccc(OC)cc2)c1)C[C@H]1CCCO1. The Balaban J connectivity index is 1.82. The van der Waals surface area contributed by atoms with Crippen LogP contribution in [-0.4, -0.2) is 59.4 Å². The predicted octanol–water partition coefficient (Wildman–Crippen LogP) is 3.18. The summed E-state index contributed by atoms with van der Waals surface area (Å²) in [5.41, 5.74) is 0.694. The van der Waals surface area contributed by atoms with Crippen molar-refractivity contribution in [3.8, 4) is 17.2 Å². The number of amides is 2. The van der Waals surface area contributed by atoms with Gasteiger partial charge < -0.3 is 28.6 Å². The number of carbonyl (C=O) groups excluding carboxylic acids is 1. The summed E-state index contributed by atoms with van der Waals surface area (Å²) in [7, 11) is -1.18. The lowest BCUT2D eigenvalue weighted by molar-refractivity contribution is 0.0795. The average molecular weight is 479 g/mol. The van der Waals surface area contributed by atoms with E-state index in [9.17, 15) is 13.2 Å². The van der Waals surface area contributed by atoms with E-state index in [2.05, 4.69) is 5.32 Å². The van der Waals surface area contributed by atoms with Gasteiger partial charge in [0.15, 0.2) is 11.5 Å². The minimum atomic E-state index is -4.11. The van der Waals surface area contributed by atoms with Crippen molar-refractivity contribution in [2.45, 2.75) is 37.3 Å². The Hall–Kier alpha value is -2.98. The van der Waals surface area contributed by atoms with Gasteiger partial charge in [-0.1, -0.05) is 6.07 Å². The topological polar surface area (TPSA) is 103 Å². The number of rotatable bonds is 10. The Labute approximate surface area is 194 Å². The molecule has 2 aromatic carbocycles. The summed E-state index contributed by atoms with van der Waals surface area (Å²) in [5.74, 6) is 0.837. The second kappa shape index (κ2) is 11.2. The van der Waals surface area contributed by atoms with Gasteiger partial charge in [-0.2, -0.15) is 8.42 Å². The van der Waals surface area contributed by atoms with Crippen molar-refractivity contribution in [3.63, 3.8) is 0 Å². The number of urea groups is 1. The molecule has 9 nitrogen and oxygen atoms in total. The summed E-state index contributed by atoms with van der Waals surface area (Å²) in [5, 5.41) is 2.82. The number of methoxy groups -OCH3 is 2. The molecule has 0 spiro atoms. The summed E-state index contributed by atoms with van der Waals surface area (Å²) in [4.78, 5) is 14.2. The fraction of sp³-hybridized carbons (Fsp3) is 0.435. The van der Waals surface area contributed by atoms with E-state index < -0.39 is 10.1 Å². The predicted molar refractivity (Wildman–Crippen MR) is 122 cm³/mol. The van der Waals surface area contributed by atoms with Crippen LogP contribution in [0.4, 0.5) is 4.79 Å². The summed E-state index contributed by atoms with van der Waals surface area (Å²) in [6, 6.07) is 10.6. The highest BCUT2D eigenvalue weighted by Gasteiger charge is 2.24. The average Bonchev–Trinajstić information content (AvgIpc) is 3.32. The molecule has 33 heavy (non-hydrogen) atoms. The lowest BCUT2D eigenvalue weighted by Crippen LogP contribution is -2.43. The number of hydrogen-bond donors (Lipinski definition) is 1. The number of ether oxygens (including phenoxy) is 3. The van der Waals surface area contributed by atoms with Crippen molar-refractivity contribution in [2.75, 3.05) is 33.9 Å². The smallest absolute Gasteiger partial charge is 0.339 e. The highest BCUT2D eigenvalue weighted by atomic mass is 32.2. The molecule has 1 aliphatic heterocycles. The van der Waals surface area contributed by atoms with Gasteiger partial charge in [0.1, 0.15) is 10.6 Å². The molecule has 0 saturated carbocycles. The molecule has 1 heterocycles. The Kier molecular flexibility index (Phi) is 8.40. The maximum Gasteiger partial charge on any atom is 0.339 e. The van der Waals surface area contributed by atoms with E-state index in [-0.39, 0.29) is 35.1 Å². The number of carbonyl (C=O) groups is 1. The molecular weight excluding hydrogens is 448 g/mol. The maximum atomic E-state index is 12.8. The van der Waals surface area contributed by atoms with Gasteiger partial charge in [0.2, 0.25) is 0 Å². The monoisotopic (exact) mass is 478 g/mol. The Morgan fingerprint density at radius 2 is 1.88 bits per heavy atom. The Morgan fingerprint density at radius 3 is 2.48 bits per heavy atom. The molecule has 1 atom stereocenters. The zero-order chi connectivity index (χ0) is 23.8. The van der Waals surface area contributed by atoms with Crippen LogP contribution in [0.2, 0.25) is 0 Å². The van der Waals surface area contributed by atoms with Crippen molar-refractivity contribution < 1.29 is 31.6 Å². The van der Waals surface area contributed by atoms with Gasteiger partial charge in [-0.15, -0.1) is 0 Å². The molecule has 0 unspecified atom stereocenters. The van der Waals surface area contributed by atoms with E-state index in [1.54, 1.807) is 35.2 Å². The lowest BCUT2D eigenvalue weighted by Gasteiger charge is -2.26. The number of hydrogen-bond acceptors (Lipinski definition) is 7. The van der Waals surface area contributed by atoms with E-state index in [1.807, 2.05) is 6.92 Å². The number of nitrogens with one attached hydrogen (secondary N) is 1. The molecule has 2 aromatic rings. The normalized spacial score (nSPS) is 15.7. The second-order valence-corrected chi connectivity index (χ2v) is 9.10. The lowest BCUT2D eigenvalue weighted by atomic mass is 10.1. The van der Waals surface area contributed by atoms with Crippen LogP contribution < -0.4 is 19.0 Å². The summed E-state index contributed by atoms with van der Waals surface area (Å²) in [6.45, 7) is 3.74. The summed E-state index contributed by atoms with van der Waals surface area (Å²) in [6.07, 6.45) is 1.85. The first-order valence-corrected chi connectivity index (χ1v) is 12.2. The molecule has 3 rings (SSSR count). The van der Waals surface area contributed by atoms with Crippen molar-refractivity contribution >= 4 is 16.1 Å². The molecule has 1 aliphatic rings. The second-order valence-electron chi connectivity index (χ2n) is 7.55. The first kappa shape index (κ1) is 24.7. The summed E-state index contributed by atoms with van der Waals surface area (Å²) >= 11 is 0. The van der Waals surface area contributed by atoms with Crippen LogP contribution in [0.15, 0.2) is 47.4 Å². The fourth-order valence-electron chi connectivity index (χ4n) is 3.53. The van der Waals surface area contributed by atoms with Crippen molar-refractivity contribution in [2.24, 2.45) is 0 Å². The third-order valence-electron chi connectivity index (χ3n) is 5.21. The largest absolute Gasteiger partial charge is 0.497 e. The number of nitrogens with zero attached hydrogens (tertiary/aromatic N) is 1. The van der Waals surface area contributed by atoms with E-state index in [0.717, 1.165) is 12.8 Å². The first-order valence-electron chi connectivity index (χ1n) is 10.8. The quantitative estimate of drug-likeness (QED) is 0.523. The van der Waals surface area contributed by atoms with Gasteiger partial charge in [0, 0.05) is 26.2 Å². The van der Waals surface area contributed by atoms with Gasteiger partial charge in [-0.3, -0.25) is 0 Å². The first-order chi connectivity index (χ1) is 15.9. The highest BCUT2D eigenvalue weighted by Crippen LogP contribution is 2.32. The van der Waals surface area contributed by atoms with Gasteiger partial charge in [0.05, 0.1) is 20.3 Å². The molecule has 0 radical (unpaired) electrons. The zero-order valence-corrected chi connectivity index (χ0v) is 19.9. The van der Waals surface area contributed by atoms with Crippen molar-refractivity contribution in [1.82, 2.24) is 10.2 Å². The van der Waals surface area contributed by atoms with Crippen LogP contribution in [-0.2, 0) is 21.4 Å². The van der Waals surface area contributed by atoms with E-state index in [4.69, 9.17) is 18.4 Å². The van der Waals surface area contributed by atoms with Gasteiger partial charge in [0.25, 0.3) is 0 Å². The van der Waals surface area contributed by atoms with E-state index >= 15 is 0 Å². The van der Waals surface area contributed by atoms with Crippen LogP contribution in [0, 0.1) is 0 Å². The maximum absolute atomic E-state index is 12.8. The van der Waals surface area contributed by atoms with Crippen molar-refractivity contribution in [1.29, 1.82) is 0 Å². The number of benzene rings is 2. The Bertz CT molecular complexity index is 1040. The third-order valence-corrected chi connectivity index (χ3v) is 6.46. The molecule has 180 valence electrons. The zero-order valence-electron chi connectivity index (χ0n) is 19.1. The molecule has 2 amide bonds. The van der Waals surface area contributed by atoms with Gasteiger partial charge in [-0.05, 0) is 61.7 Å². The molecule has 1 saturated heterocycles. The molecule has 0 bridgehead atoms. The molecule has 0 aromatic heterocycles. The minimum absolute atomic E-state index is 0.0157. The standard InChI is InChI=1S/C23H30N2O7S/c1-4-24-23(26)25(16-19-6-5-13-31-19)15-17-7-12-21(30-3)22(14-17)32-33(27,28)20-10-8-18(29-2)9-11-20/h7-12,14,19H,4-6,13,15-16H2,1-3H3,(H,24,26)/t19-/m1/s1. The van der Waals surface area contributed by atoms with Crippen molar-refractivity contribution in [3.05, 3.63) is 48.0 Å². The van der Waals surface area contributed by atoms with Gasteiger partial charge in [-0.25, -0.2) is 4.79 Å². The van der Waals surface area contributed by atoms with Crippen LogP contribution in [0.25, 0.3) is 0 Å². The molecular formula is C23H30N2O7S. The van der Waals surface area contributed by atoms with Crippen LogP contribution in [0.3, 0.4) is 0 Å². The minimum Gasteiger partial charge on any atom is -0.497 e. The van der Waals surface area contributed by atoms with Gasteiger partial charge >= 0.3 is 16.1 Å². The van der Waals surface area contributed by atoms with Crippen LogP contribution >= 0.6 is 0 Å².